The van der Waals surface area contributed by atoms with E-state index in [1.165, 1.54) is 0 Å². The molecule has 310 valence electrons. The van der Waals surface area contributed by atoms with Crippen molar-refractivity contribution in [2.75, 3.05) is 58.2 Å². The monoisotopic (exact) mass is 810 g/mol. The molecule has 0 saturated carbocycles. The lowest BCUT2D eigenvalue weighted by atomic mass is 9.98. The maximum Gasteiger partial charge on any atom is 0.334 e. The van der Waals surface area contributed by atoms with Crippen LogP contribution in [0.3, 0.4) is 0 Å². The number of aromatic nitrogens is 2. The van der Waals surface area contributed by atoms with Crippen molar-refractivity contribution in [1.29, 1.82) is 0 Å². The summed E-state index contributed by atoms with van der Waals surface area (Å²) in [6.45, 7) is 7.57. The zero-order valence-corrected chi connectivity index (χ0v) is 33.9. The summed E-state index contributed by atoms with van der Waals surface area (Å²) in [6.07, 6.45) is 4.82. The van der Waals surface area contributed by atoms with Crippen LogP contribution >= 0.6 is 0 Å². The summed E-state index contributed by atoms with van der Waals surface area (Å²) in [5, 5.41) is 20.2. The summed E-state index contributed by atoms with van der Waals surface area (Å²) in [4.78, 5) is 67.8. The number of rotatable bonds is 10. The lowest BCUT2D eigenvalue weighted by molar-refractivity contribution is -0.189. The fourth-order valence-corrected chi connectivity index (χ4v) is 8.49. The van der Waals surface area contributed by atoms with E-state index in [1.807, 2.05) is 79.5 Å². The van der Waals surface area contributed by atoms with Crippen molar-refractivity contribution in [1.82, 2.24) is 44.5 Å². The Morgan fingerprint density at radius 1 is 0.900 bits per heavy atom. The fraction of sp³-hybridized carbons (Fsp3) is 0.311. The molecule has 8 rings (SSSR count). The number of piperazine rings is 2. The Hall–Kier alpha value is -6.71. The molecule has 0 bridgehead atoms. The van der Waals surface area contributed by atoms with Crippen LogP contribution in [0.25, 0.3) is 22.0 Å². The molecule has 2 atom stereocenters. The lowest BCUT2D eigenvalue weighted by Crippen LogP contribution is -2.76. The summed E-state index contributed by atoms with van der Waals surface area (Å²) >= 11 is 0. The standard InChI is InChI=1S/C45H50N10O5/c1-4-19-53-30-41(57)54-38(24-31-13-16-35(56)17-14-31)43(58)52(29-40(54)55(53)44(59)47-25-32-9-6-5-7-10-32)27-34-11-8-12-36-37(28-50(3)42(34)36)33-15-18-39(46-26-33)48-45(60)51-22-20-49(2)21-23-51/h4-18,26,28,38,40,56H,1,19-25,27,29-30H2,2-3H3,(H,47,59)(H,46,48,60)/t38-,40-/m0/s1. The van der Waals surface area contributed by atoms with Gasteiger partial charge in [-0.1, -0.05) is 66.7 Å². The molecule has 3 N–H and O–H groups in total. The molecule has 3 saturated heterocycles. The third kappa shape index (κ3) is 8.26. The van der Waals surface area contributed by atoms with E-state index in [1.54, 1.807) is 67.3 Å². The van der Waals surface area contributed by atoms with Crippen LogP contribution in [0, 0.1) is 0 Å². The molecule has 6 amide bonds. The number of aromatic hydroxyl groups is 1. The minimum absolute atomic E-state index is 0.0714. The average molecular weight is 811 g/mol. The van der Waals surface area contributed by atoms with Gasteiger partial charge in [-0.2, -0.15) is 0 Å². The summed E-state index contributed by atoms with van der Waals surface area (Å²) in [7, 11) is 4.01. The number of phenols is 1. The molecule has 0 unspecified atom stereocenters. The van der Waals surface area contributed by atoms with E-state index in [9.17, 15) is 24.3 Å². The summed E-state index contributed by atoms with van der Waals surface area (Å²) < 4.78 is 2.04. The number of urea groups is 2. The number of hydrogen-bond acceptors (Lipinski definition) is 8. The Bertz CT molecular complexity index is 2380. The van der Waals surface area contributed by atoms with Crippen LogP contribution < -0.4 is 10.6 Å². The van der Waals surface area contributed by atoms with Crippen LogP contribution in [0.5, 0.6) is 5.75 Å². The highest BCUT2D eigenvalue weighted by Crippen LogP contribution is 2.35. The third-order valence-corrected chi connectivity index (χ3v) is 11.6. The van der Waals surface area contributed by atoms with Crippen molar-refractivity contribution in [2.45, 2.75) is 31.7 Å². The largest absolute Gasteiger partial charge is 0.508 e. The molecule has 60 heavy (non-hydrogen) atoms. The molecule has 0 spiro atoms. The minimum Gasteiger partial charge on any atom is -0.508 e. The van der Waals surface area contributed by atoms with Gasteiger partial charge in [0, 0.05) is 88.2 Å². The predicted octanol–water partition coefficient (Wildman–Crippen LogP) is 4.46. The Morgan fingerprint density at radius 3 is 2.38 bits per heavy atom. The van der Waals surface area contributed by atoms with Crippen molar-refractivity contribution < 1.29 is 24.3 Å². The van der Waals surface area contributed by atoms with Gasteiger partial charge >= 0.3 is 12.1 Å². The van der Waals surface area contributed by atoms with Crippen molar-refractivity contribution in [3.63, 3.8) is 0 Å². The molecular weight excluding hydrogens is 761 g/mol. The number of carbonyl (C=O) groups is 4. The van der Waals surface area contributed by atoms with Crippen molar-refractivity contribution in [3.8, 4) is 16.9 Å². The molecule has 5 aromatic rings. The van der Waals surface area contributed by atoms with E-state index in [0.29, 0.717) is 18.9 Å². The highest BCUT2D eigenvalue weighted by molar-refractivity contribution is 5.98. The van der Waals surface area contributed by atoms with Gasteiger partial charge in [-0.15, -0.1) is 6.58 Å². The van der Waals surface area contributed by atoms with E-state index in [-0.39, 0.29) is 62.7 Å². The molecular formula is C45H50N10O5. The Balaban J connectivity index is 1.09. The van der Waals surface area contributed by atoms with E-state index in [4.69, 9.17) is 0 Å². The molecule has 3 aliphatic heterocycles. The highest BCUT2D eigenvalue weighted by Gasteiger charge is 2.51. The van der Waals surface area contributed by atoms with Gasteiger partial charge in [0.1, 0.15) is 23.8 Å². The Kier molecular flexibility index (Phi) is 11.5. The first kappa shape index (κ1) is 40.1. The average Bonchev–Trinajstić information content (AvgIpc) is 3.59. The van der Waals surface area contributed by atoms with Crippen LogP contribution in [-0.4, -0.2) is 133 Å². The number of hydrazine groups is 1. The number of benzene rings is 3. The Morgan fingerprint density at radius 2 is 1.67 bits per heavy atom. The number of fused-ring (bicyclic) bond motifs is 2. The molecule has 2 aromatic heterocycles. The van der Waals surface area contributed by atoms with E-state index < -0.39 is 18.2 Å². The van der Waals surface area contributed by atoms with Crippen molar-refractivity contribution in [2.24, 2.45) is 7.05 Å². The van der Waals surface area contributed by atoms with Gasteiger partial charge < -0.3 is 34.6 Å². The molecule has 0 aliphatic carbocycles. The zero-order chi connectivity index (χ0) is 41.9. The van der Waals surface area contributed by atoms with Crippen LogP contribution in [0.1, 0.15) is 16.7 Å². The summed E-state index contributed by atoms with van der Waals surface area (Å²) in [5.41, 5.74) is 5.32. The number of aryl methyl sites for hydroxylation is 1. The Labute approximate surface area is 349 Å². The number of nitrogens with one attached hydrogen (secondary N) is 2. The smallest absolute Gasteiger partial charge is 0.334 e. The summed E-state index contributed by atoms with van der Waals surface area (Å²) in [6, 6.07) is 24.5. The van der Waals surface area contributed by atoms with Crippen LogP contribution in [0.2, 0.25) is 0 Å². The van der Waals surface area contributed by atoms with Crippen LogP contribution in [0.15, 0.2) is 110 Å². The number of phenolic OH excluding ortho intramolecular Hbond substituents is 1. The maximum absolute atomic E-state index is 14.8. The van der Waals surface area contributed by atoms with Crippen LogP contribution in [0.4, 0.5) is 15.4 Å². The van der Waals surface area contributed by atoms with E-state index >= 15 is 0 Å². The van der Waals surface area contributed by atoms with Gasteiger partial charge in [-0.05, 0) is 48.0 Å². The van der Waals surface area contributed by atoms with Crippen molar-refractivity contribution >= 4 is 40.6 Å². The number of amides is 6. The van der Waals surface area contributed by atoms with Gasteiger partial charge in [-0.3, -0.25) is 14.9 Å². The second-order valence-electron chi connectivity index (χ2n) is 15.6. The second kappa shape index (κ2) is 17.3. The molecule has 5 heterocycles. The van der Waals surface area contributed by atoms with E-state index in [2.05, 4.69) is 27.1 Å². The topological polar surface area (TPSA) is 150 Å². The van der Waals surface area contributed by atoms with Gasteiger partial charge in [-0.25, -0.2) is 24.6 Å². The number of para-hydroxylation sites is 1. The number of hydrogen-bond donors (Lipinski definition) is 3. The minimum atomic E-state index is -0.916. The first-order valence-electron chi connectivity index (χ1n) is 20.2. The molecule has 3 fully saturated rings. The molecule has 0 radical (unpaired) electrons. The first-order valence-corrected chi connectivity index (χ1v) is 20.2. The van der Waals surface area contributed by atoms with Gasteiger partial charge in [0.25, 0.3) is 0 Å². The predicted molar refractivity (Wildman–Crippen MR) is 228 cm³/mol. The number of pyridine rings is 1. The number of anilines is 1. The van der Waals surface area contributed by atoms with Gasteiger partial charge in [0.15, 0.2) is 0 Å². The lowest BCUT2D eigenvalue weighted by Gasteiger charge is -2.55. The van der Waals surface area contributed by atoms with Crippen molar-refractivity contribution in [3.05, 3.63) is 127 Å². The molecule has 15 heteroatoms. The SMILES string of the molecule is C=CCN1CC(=O)N2[C@@H](Cc3ccc(O)cc3)C(=O)N(Cc3cccc4c(-c5ccc(NC(=O)N6CCN(C)CC6)nc5)cn(C)c34)C[C@@H]2N1C(=O)NCc1ccccc1. The second-order valence-corrected chi connectivity index (χ2v) is 15.6. The maximum atomic E-state index is 14.8. The number of nitrogens with zero attached hydrogens (tertiary/aromatic N) is 8. The quantitative estimate of drug-likeness (QED) is 0.175. The number of likely N-dealkylation sites (N-methyl/N-ethyl adjacent to an activating group) is 1. The number of carbonyl (C=O) groups excluding carboxylic acids is 4. The first-order chi connectivity index (χ1) is 29.1. The van der Waals surface area contributed by atoms with Gasteiger partial charge in [0.05, 0.1) is 18.6 Å². The third-order valence-electron chi connectivity index (χ3n) is 11.6. The summed E-state index contributed by atoms with van der Waals surface area (Å²) in [5.74, 6) is 0.0647. The normalized spacial score (nSPS) is 18.8. The molecule has 3 aliphatic rings. The fourth-order valence-electron chi connectivity index (χ4n) is 8.49. The molecule has 15 nitrogen and oxygen atoms in total. The molecule has 3 aromatic carbocycles. The van der Waals surface area contributed by atoms with Crippen LogP contribution in [-0.2, 0) is 36.1 Å². The van der Waals surface area contributed by atoms with E-state index in [0.717, 1.165) is 51.8 Å². The zero-order valence-electron chi connectivity index (χ0n) is 33.9. The van der Waals surface area contributed by atoms with Gasteiger partial charge in [0.2, 0.25) is 11.8 Å². The highest BCUT2D eigenvalue weighted by atomic mass is 16.3.